The van der Waals surface area contributed by atoms with Gasteiger partial charge in [0.05, 0.1) is 0 Å². The van der Waals surface area contributed by atoms with Crippen LogP contribution in [0.5, 0.6) is 0 Å². The van der Waals surface area contributed by atoms with Crippen LogP contribution in [0.2, 0.25) is 0 Å². The molecule has 0 spiro atoms. The lowest BCUT2D eigenvalue weighted by Gasteiger charge is -2.24. The zero-order chi connectivity index (χ0) is 12.1. The first-order valence-corrected chi connectivity index (χ1v) is 7.20. The van der Waals surface area contributed by atoms with Crippen molar-refractivity contribution >= 4 is 11.6 Å². The van der Waals surface area contributed by atoms with E-state index >= 15 is 0 Å². The van der Waals surface area contributed by atoms with Crippen LogP contribution in [0.1, 0.15) is 50.3 Å². The molecule has 0 aromatic carbocycles. The predicted octanol–water partition coefficient (Wildman–Crippen LogP) is 2.32. The largest absolute Gasteiger partial charge is 0.384 e. The number of hydrogen-bond donors (Lipinski definition) is 1. The second-order valence-corrected chi connectivity index (χ2v) is 6.11. The average molecular weight is 244 g/mol. The number of hydrogen-bond acceptors (Lipinski definition) is 4. The highest BCUT2D eigenvalue weighted by Crippen LogP contribution is 2.41. The molecule has 0 unspecified atom stereocenters. The maximum atomic E-state index is 5.95. The van der Waals surface area contributed by atoms with Gasteiger partial charge in [0.15, 0.2) is 0 Å². The van der Waals surface area contributed by atoms with Crippen LogP contribution >= 0.6 is 0 Å². The molecule has 4 heteroatoms. The number of rotatable bonds is 5. The fourth-order valence-electron chi connectivity index (χ4n) is 2.54. The summed E-state index contributed by atoms with van der Waals surface area (Å²) in [7, 11) is 0. The molecule has 1 aromatic rings. The van der Waals surface area contributed by atoms with Crippen molar-refractivity contribution in [1.29, 1.82) is 0 Å². The molecule has 18 heavy (non-hydrogen) atoms. The molecule has 0 bridgehead atoms. The number of aromatic nitrogens is 2. The van der Waals surface area contributed by atoms with Gasteiger partial charge in [0.2, 0.25) is 0 Å². The van der Waals surface area contributed by atoms with Crippen molar-refractivity contribution in [1.82, 2.24) is 9.97 Å². The van der Waals surface area contributed by atoms with Gasteiger partial charge in [-0.15, -0.1) is 0 Å². The summed E-state index contributed by atoms with van der Waals surface area (Å²) in [6.45, 7) is 1.17. The van der Waals surface area contributed by atoms with Gasteiger partial charge in [0, 0.05) is 24.6 Å². The lowest BCUT2D eigenvalue weighted by atomic mass is 10.3. The third-order valence-electron chi connectivity index (χ3n) is 4.13. The Bertz CT molecular complexity index is 461. The number of nitrogen functional groups attached to an aromatic ring is 1. The van der Waals surface area contributed by atoms with E-state index < -0.39 is 0 Å². The molecule has 1 aromatic heterocycles. The van der Waals surface area contributed by atoms with Crippen LogP contribution < -0.4 is 10.6 Å². The minimum absolute atomic E-state index is 0.578. The summed E-state index contributed by atoms with van der Waals surface area (Å²) in [5, 5.41) is 0. The normalized spacial score (nSPS) is 23.1. The number of anilines is 2. The highest BCUT2D eigenvalue weighted by molar-refractivity contribution is 5.49. The zero-order valence-electron chi connectivity index (χ0n) is 10.7. The van der Waals surface area contributed by atoms with Gasteiger partial charge in [-0.3, -0.25) is 0 Å². The van der Waals surface area contributed by atoms with Crippen molar-refractivity contribution in [3.8, 4) is 0 Å². The predicted molar refractivity (Wildman–Crippen MR) is 71.5 cm³/mol. The monoisotopic (exact) mass is 244 g/mol. The van der Waals surface area contributed by atoms with Crippen LogP contribution in [-0.4, -0.2) is 22.6 Å². The Labute approximate surface area is 108 Å². The van der Waals surface area contributed by atoms with E-state index in [9.17, 15) is 0 Å². The second kappa shape index (κ2) is 3.84. The zero-order valence-corrected chi connectivity index (χ0v) is 10.7. The van der Waals surface area contributed by atoms with Crippen molar-refractivity contribution in [2.45, 2.75) is 50.5 Å². The minimum atomic E-state index is 0.578. The highest BCUT2D eigenvalue weighted by atomic mass is 15.2. The van der Waals surface area contributed by atoms with Gasteiger partial charge in [-0.25, -0.2) is 9.97 Å². The molecule has 2 N–H and O–H groups in total. The Kier molecular flexibility index (Phi) is 2.26. The molecule has 0 radical (unpaired) electrons. The molecule has 0 saturated heterocycles. The van der Waals surface area contributed by atoms with E-state index in [4.69, 9.17) is 10.7 Å². The first kappa shape index (κ1) is 10.6. The third kappa shape index (κ3) is 2.16. The lowest BCUT2D eigenvalue weighted by Crippen LogP contribution is -2.29. The first-order chi connectivity index (χ1) is 8.79. The smallest absolute Gasteiger partial charge is 0.136 e. The molecule has 3 saturated carbocycles. The summed E-state index contributed by atoms with van der Waals surface area (Å²) in [6, 6.07) is 2.68. The van der Waals surface area contributed by atoms with Crippen molar-refractivity contribution < 1.29 is 0 Å². The quantitative estimate of drug-likeness (QED) is 0.863. The van der Waals surface area contributed by atoms with Crippen LogP contribution in [0, 0.1) is 5.92 Å². The van der Waals surface area contributed by atoms with Crippen molar-refractivity contribution in [3.63, 3.8) is 0 Å². The van der Waals surface area contributed by atoms with E-state index in [1.807, 2.05) is 6.07 Å². The lowest BCUT2D eigenvalue weighted by molar-refractivity contribution is 0.703. The van der Waals surface area contributed by atoms with Crippen molar-refractivity contribution in [2.24, 2.45) is 5.92 Å². The molecule has 4 rings (SSSR count). The summed E-state index contributed by atoms with van der Waals surface area (Å²) in [6.07, 6.45) is 7.87. The van der Waals surface area contributed by atoms with E-state index in [1.165, 1.54) is 45.1 Å². The van der Waals surface area contributed by atoms with E-state index in [0.29, 0.717) is 17.8 Å². The molecular weight excluding hydrogens is 224 g/mol. The Hall–Kier alpha value is -1.32. The molecule has 3 fully saturated rings. The van der Waals surface area contributed by atoms with Gasteiger partial charge in [0.25, 0.3) is 0 Å². The number of nitrogens with zero attached hydrogens (tertiary/aromatic N) is 3. The molecule has 4 nitrogen and oxygen atoms in total. The van der Waals surface area contributed by atoms with E-state index in [2.05, 4.69) is 9.88 Å². The number of nitrogens with two attached hydrogens (primary N) is 1. The Morgan fingerprint density at radius 2 is 1.89 bits per heavy atom. The SMILES string of the molecule is Nc1cc(N(CC2CC2)C2CC2)nc(C2CC2)n1. The molecule has 1 heterocycles. The average Bonchev–Trinajstić information content (AvgIpc) is 3.24. The van der Waals surface area contributed by atoms with Crippen LogP contribution in [0.3, 0.4) is 0 Å². The molecular formula is C14H20N4. The van der Waals surface area contributed by atoms with Gasteiger partial charge < -0.3 is 10.6 Å². The molecule has 96 valence electrons. The van der Waals surface area contributed by atoms with Gasteiger partial charge in [-0.05, 0) is 44.4 Å². The van der Waals surface area contributed by atoms with Crippen LogP contribution in [0.4, 0.5) is 11.6 Å². The molecule has 0 aliphatic heterocycles. The topological polar surface area (TPSA) is 55.0 Å². The summed E-state index contributed by atoms with van der Waals surface area (Å²) in [4.78, 5) is 11.7. The molecule has 0 amide bonds. The molecule has 3 aliphatic carbocycles. The first-order valence-electron chi connectivity index (χ1n) is 7.20. The standard InChI is InChI=1S/C14H20N4/c15-12-7-13(17-14(16-12)10-3-4-10)18(11-5-6-11)8-9-1-2-9/h7,9-11H,1-6,8H2,(H2,15,16,17). The summed E-state index contributed by atoms with van der Waals surface area (Å²) in [5.41, 5.74) is 5.95. The fraction of sp³-hybridized carbons (Fsp3) is 0.714. The van der Waals surface area contributed by atoms with Gasteiger partial charge in [-0.2, -0.15) is 0 Å². The maximum absolute atomic E-state index is 5.95. The van der Waals surface area contributed by atoms with E-state index in [0.717, 1.165) is 17.6 Å². The Morgan fingerprint density at radius 3 is 2.50 bits per heavy atom. The third-order valence-corrected chi connectivity index (χ3v) is 4.13. The van der Waals surface area contributed by atoms with Crippen molar-refractivity contribution in [3.05, 3.63) is 11.9 Å². The summed E-state index contributed by atoms with van der Waals surface area (Å²) < 4.78 is 0. The second-order valence-electron chi connectivity index (χ2n) is 6.11. The summed E-state index contributed by atoms with van der Waals surface area (Å²) >= 11 is 0. The van der Waals surface area contributed by atoms with Crippen LogP contribution in [0.25, 0.3) is 0 Å². The highest BCUT2D eigenvalue weighted by Gasteiger charge is 2.35. The molecule has 0 atom stereocenters. The minimum Gasteiger partial charge on any atom is -0.384 e. The maximum Gasteiger partial charge on any atom is 0.136 e. The van der Waals surface area contributed by atoms with Crippen LogP contribution in [0.15, 0.2) is 6.07 Å². The Balaban J connectivity index is 1.63. The Morgan fingerprint density at radius 1 is 1.11 bits per heavy atom. The van der Waals surface area contributed by atoms with Gasteiger partial charge in [0.1, 0.15) is 17.5 Å². The summed E-state index contributed by atoms with van der Waals surface area (Å²) in [5.74, 6) is 4.17. The van der Waals surface area contributed by atoms with Gasteiger partial charge >= 0.3 is 0 Å². The fourth-order valence-corrected chi connectivity index (χ4v) is 2.54. The van der Waals surface area contributed by atoms with Gasteiger partial charge in [-0.1, -0.05) is 0 Å². The van der Waals surface area contributed by atoms with E-state index in [-0.39, 0.29) is 0 Å². The van der Waals surface area contributed by atoms with Crippen LogP contribution in [-0.2, 0) is 0 Å². The van der Waals surface area contributed by atoms with Crippen molar-refractivity contribution in [2.75, 3.05) is 17.2 Å². The van der Waals surface area contributed by atoms with E-state index in [1.54, 1.807) is 0 Å². The molecule has 3 aliphatic rings.